The van der Waals surface area contributed by atoms with E-state index in [4.69, 9.17) is 0 Å². The van der Waals surface area contributed by atoms with Crippen LogP contribution in [0.2, 0.25) is 0 Å². The van der Waals surface area contributed by atoms with Crippen molar-refractivity contribution in [3.8, 4) is 6.07 Å². The second-order valence-corrected chi connectivity index (χ2v) is 5.48. The topological polar surface area (TPSA) is 56.1 Å². The molecule has 0 aliphatic carbocycles. The minimum atomic E-state index is -0.409. The SMILES string of the molecule is Cc1ccc(NC(=O)/C(C#N)=C/c2ccc(N(C)C)cc2)cc1. The van der Waals surface area contributed by atoms with Gasteiger partial charge in [-0.2, -0.15) is 5.26 Å². The number of amides is 1. The van der Waals surface area contributed by atoms with Crippen molar-refractivity contribution in [3.63, 3.8) is 0 Å². The number of carbonyl (C=O) groups is 1. The fourth-order valence-corrected chi connectivity index (χ4v) is 2.02. The molecule has 4 nitrogen and oxygen atoms in total. The summed E-state index contributed by atoms with van der Waals surface area (Å²) in [5, 5.41) is 12.0. The first-order chi connectivity index (χ1) is 11.0. The molecule has 1 N–H and O–H groups in total. The predicted octanol–water partition coefficient (Wildman–Crippen LogP) is 3.61. The van der Waals surface area contributed by atoms with E-state index in [1.165, 1.54) is 0 Å². The highest BCUT2D eigenvalue weighted by Crippen LogP contribution is 2.16. The third kappa shape index (κ3) is 4.45. The molecule has 0 spiro atoms. The van der Waals surface area contributed by atoms with Crippen LogP contribution in [0.1, 0.15) is 11.1 Å². The molecule has 0 radical (unpaired) electrons. The molecule has 1 amide bonds. The van der Waals surface area contributed by atoms with Crippen molar-refractivity contribution in [2.24, 2.45) is 0 Å². The quantitative estimate of drug-likeness (QED) is 0.693. The van der Waals surface area contributed by atoms with Crippen molar-refractivity contribution < 1.29 is 4.79 Å². The van der Waals surface area contributed by atoms with Crippen molar-refractivity contribution in [3.05, 3.63) is 65.2 Å². The number of anilines is 2. The summed E-state index contributed by atoms with van der Waals surface area (Å²) in [7, 11) is 3.92. The fourth-order valence-electron chi connectivity index (χ4n) is 2.02. The molecule has 0 atom stereocenters. The molecule has 116 valence electrons. The van der Waals surface area contributed by atoms with Crippen LogP contribution in [0, 0.1) is 18.3 Å². The Labute approximate surface area is 136 Å². The molecular weight excluding hydrogens is 286 g/mol. The van der Waals surface area contributed by atoms with E-state index in [2.05, 4.69) is 5.32 Å². The number of carbonyl (C=O) groups excluding carboxylic acids is 1. The summed E-state index contributed by atoms with van der Waals surface area (Å²) in [6, 6.07) is 17.0. The molecule has 23 heavy (non-hydrogen) atoms. The van der Waals surface area contributed by atoms with Gasteiger partial charge in [-0.05, 0) is 42.8 Å². The molecule has 0 unspecified atom stereocenters. The van der Waals surface area contributed by atoms with Gasteiger partial charge in [-0.25, -0.2) is 0 Å². The molecule has 0 aliphatic rings. The number of rotatable bonds is 4. The van der Waals surface area contributed by atoms with Gasteiger partial charge in [-0.1, -0.05) is 29.8 Å². The van der Waals surface area contributed by atoms with Crippen molar-refractivity contribution in [2.45, 2.75) is 6.92 Å². The minimum Gasteiger partial charge on any atom is -0.378 e. The Kier molecular flexibility index (Phi) is 5.16. The molecule has 0 fully saturated rings. The molecule has 0 saturated heterocycles. The van der Waals surface area contributed by atoms with Crippen LogP contribution < -0.4 is 10.2 Å². The number of nitrogens with zero attached hydrogens (tertiary/aromatic N) is 2. The highest BCUT2D eigenvalue weighted by atomic mass is 16.1. The van der Waals surface area contributed by atoms with Crippen LogP contribution in [-0.4, -0.2) is 20.0 Å². The highest BCUT2D eigenvalue weighted by molar-refractivity contribution is 6.09. The van der Waals surface area contributed by atoms with Crippen molar-refractivity contribution in [1.82, 2.24) is 0 Å². The number of aryl methyl sites for hydroxylation is 1. The van der Waals surface area contributed by atoms with E-state index in [1.807, 2.05) is 80.5 Å². The zero-order chi connectivity index (χ0) is 16.8. The van der Waals surface area contributed by atoms with Crippen LogP contribution in [0.3, 0.4) is 0 Å². The van der Waals surface area contributed by atoms with Crippen LogP contribution in [0.15, 0.2) is 54.1 Å². The van der Waals surface area contributed by atoms with Crippen LogP contribution in [0.25, 0.3) is 6.08 Å². The van der Waals surface area contributed by atoms with Crippen LogP contribution >= 0.6 is 0 Å². The Morgan fingerprint density at radius 1 is 1.09 bits per heavy atom. The van der Waals surface area contributed by atoms with Gasteiger partial charge >= 0.3 is 0 Å². The molecule has 2 aromatic carbocycles. The Morgan fingerprint density at radius 2 is 1.70 bits per heavy atom. The maximum Gasteiger partial charge on any atom is 0.266 e. The molecule has 4 heteroatoms. The number of nitriles is 1. The highest BCUT2D eigenvalue weighted by Gasteiger charge is 2.09. The van der Waals surface area contributed by atoms with E-state index in [0.717, 1.165) is 16.8 Å². The van der Waals surface area contributed by atoms with Gasteiger partial charge in [0.1, 0.15) is 11.6 Å². The lowest BCUT2D eigenvalue weighted by Crippen LogP contribution is -2.13. The molecule has 0 aliphatic heterocycles. The summed E-state index contributed by atoms with van der Waals surface area (Å²) in [4.78, 5) is 14.2. The first-order valence-corrected chi connectivity index (χ1v) is 7.27. The van der Waals surface area contributed by atoms with Crippen LogP contribution in [0.4, 0.5) is 11.4 Å². The van der Waals surface area contributed by atoms with Crippen molar-refractivity contribution in [2.75, 3.05) is 24.3 Å². The van der Waals surface area contributed by atoms with Gasteiger partial charge < -0.3 is 10.2 Å². The molecule has 0 heterocycles. The normalized spacial score (nSPS) is 10.8. The molecule has 0 aromatic heterocycles. The van der Waals surface area contributed by atoms with Gasteiger partial charge in [0.2, 0.25) is 0 Å². The average Bonchev–Trinajstić information content (AvgIpc) is 2.55. The summed E-state index contributed by atoms with van der Waals surface area (Å²) in [6.45, 7) is 1.98. The Balaban J connectivity index is 2.16. The third-order valence-electron chi connectivity index (χ3n) is 3.40. The van der Waals surface area contributed by atoms with E-state index < -0.39 is 5.91 Å². The van der Waals surface area contributed by atoms with Gasteiger partial charge in [0.15, 0.2) is 0 Å². The summed E-state index contributed by atoms with van der Waals surface area (Å²) in [6.07, 6.45) is 1.59. The van der Waals surface area contributed by atoms with Crippen LogP contribution in [0.5, 0.6) is 0 Å². The average molecular weight is 305 g/mol. The molecular formula is C19H19N3O. The summed E-state index contributed by atoms with van der Waals surface area (Å²) >= 11 is 0. The summed E-state index contributed by atoms with van der Waals surface area (Å²) < 4.78 is 0. The van der Waals surface area contributed by atoms with Gasteiger partial charge in [0.25, 0.3) is 5.91 Å². The minimum absolute atomic E-state index is 0.0724. The predicted molar refractivity (Wildman–Crippen MR) is 94.2 cm³/mol. The lowest BCUT2D eigenvalue weighted by Gasteiger charge is -2.12. The van der Waals surface area contributed by atoms with E-state index in [9.17, 15) is 10.1 Å². The van der Waals surface area contributed by atoms with Crippen molar-refractivity contribution in [1.29, 1.82) is 5.26 Å². The van der Waals surface area contributed by atoms with Gasteiger partial charge in [0.05, 0.1) is 0 Å². The van der Waals surface area contributed by atoms with Gasteiger partial charge in [-0.3, -0.25) is 4.79 Å². The summed E-state index contributed by atoms with van der Waals surface area (Å²) in [5.41, 5.74) is 3.73. The largest absolute Gasteiger partial charge is 0.378 e. The van der Waals surface area contributed by atoms with Crippen LogP contribution in [-0.2, 0) is 4.79 Å². The fraction of sp³-hybridized carbons (Fsp3) is 0.158. The standard InChI is InChI=1S/C19H19N3O/c1-14-4-8-17(9-5-14)21-19(23)16(13-20)12-15-6-10-18(11-7-15)22(2)3/h4-12H,1-3H3,(H,21,23)/b16-12+. The van der Waals surface area contributed by atoms with E-state index in [1.54, 1.807) is 6.08 Å². The summed E-state index contributed by atoms with van der Waals surface area (Å²) in [5.74, 6) is -0.409. The maximum absolute atomic E-state index is 12.2. The van der Waals surface area contributed by atoms with Crippen molar-refractivity contribution >= 4 is 23.4 Å². The monoisotopic (exact) mass is 305 g/mol. The Hall–Kier alpha value is -3.06. The van der Waals surface area contributed by atoms with Gasteiger partial charge in [-0.15, -0.1) is 0 Å². The zero-order valence-corrected chi connectivity index (χ0v) is 13.5. The van der Waals surface area contributed by atoms with Gasteiger partial charge in [0, 0.05) is 25.5 Å². The molecule has 2 aromatic rings. The lowest BCUT2D eigenvalue weighted by atomic mass is 10.1. The van der Waals surface area contributed by atoms with E-state index in [0.29, 0.717) is 5.69 Å². The lowest BCUT2D eigenvalue weighted by molar-refractivity contribution is -0.112. The number of hydrogen-bond acceptors (Lipinski definition) is 3. The maximum atomic E-state index is 12.2. The Bertz CT molecular complexity index is 751. The first-order valence-electron chi connectivity index (χ1n) is 7.27. The first kappa shape index (κ1) is 16.3. The number of benzene rings is 2. The molecule has 0 saturated carbocycles. The number of hydrogen-bond donors (Lipinski definition) is 1. The second-order valence-electron chi connectivity index (χ2n) is 5.48. The second kappa shape index (κ2) is 7.28. The third-order valence-corrected chi connectivity index (χ3v) is 3.40. The van der Waals surface area contributed by atoms with E-state index >= 15 is 0 Å². The zero-order valence-electron chi connectivity index (χ0n) is 13.5. The molecule has 2 rings (SSSR count). The van der Waals surface area contributed by atoms with E-state index in [-0.39, 0.29) is 5.57 Å². The smallest absolute Gasteiger partial charge is 0.266 e. The molecule has 0 bridgehead atoms. The number of nitrogens with one attached hydrogen (secondary N) is 1. The Morgan fingerprint density at radius 3 is 2.22 bits per heavy atom.